The number of allylic oxidation sites excluding steroid dienone is 1. The molecule has 0 aliphatic heterocycles. The van der Waals surface area contributed by atoms with Gasteiger partial charge in [0.25, 0.3) is 5.91 Å². The van der Waals surface area contributed by atoms with Crippen molar-refractivity contribution in [2.45, 2.75) is 20.4 Å². The predicted molar refractivity (Wildman–Crippen MR) is 126 cm³/mol. The Balaban J connectivity index is 1.68. The van der Waals surface area contributed by atoms with Gasteiger partial charge in [-0.2, -0.15) is 5.10 Å². The molecule has 7 heteroatoms. The quantitative estimate of drug-likeness (QED) is 0.372. The summed E-state index contributed by atoms with van der Waals surface area (Å²) < 4.78 is 7.33. The Bertz CT molecular complexity index is 1150. The van der Waals surface area contributed by atoms with Crippen LogP contribution in [-0.4, -0.2) is 47.1 Å². The number of hydrogen-bond donors (Lipinski definition) is 0. The van der Waals surface area contributed by atoms with Crippen LogP contribution in [0.1, 0.15) is 32.9 Å². The number of ketones is 1. The Morgan fingerprint density at radius 1 is 1.09 bits per heavy atom. The zero-order valence-corrected chi connectivity index (χ0v) is 19.4. The molecular weight excluding hydrogens is 426 g/mol. The van der Waals surface area contributed by atoms with E-state index < -0.39 is 0 Å². The standard InChI is InChI=1S/C25H26ClN3O3/c1-17-22(18(2)29(27-17)15-20-7-5-6-8-23(20)26)13-14-24(30)19-9-11-21(12-10-19)32-16-25(31)28(3)4/h5-14H,15-16H2,1-4H3/b14-13+. The Morgan fingerprint density at radius 3 is 2.44 bits per heavy atom. The first-order valence-corrected chi connectivity index (χ1v) is 10.6. The zero-order valence-electron chi connectivity index (χ0n) is 18.6. The molecule has 0 atom stereocenters. The number of aryl methyl sites for hydroxylation is 1. The van der Waals surface area contributed by atoms with E-state index in [0.29, 0.717) is 22.9 Å². The molecule has 0 fully saturated rings. The van der Waals surface area contributed by atoms with Crippen LogP contribution >= 0.6 is 11.6 Å². The highest BCUT2D eigenvalue weighted by atomic mass is 35.5. The minimum atomic E-state index is -0.131. The Kier molecular flexibility index (Phi) is 7.49. The average molecular weight is 452 g/mol. The van der Waals surface area contributed by atoms with Gasteiger partial charge in [-0.05, 0) is 61.9 Å². The summed E-state index contributed by atoms with van der Waals surface area (Å²) in [5.74, 6) is 0.278. The molecule has 0 aliphatic rings. The first-order chi connectivity index (χ1) is 15.3. The molecule has 32 heavy (non-hydrogen) atoms. The number of amides is 1. The number of carbonyl (C=O) groups excluding carboxylic acids is 2. The third kappa shape index (κ3) is 5.65. The van der Waals surface area contributed by atoms with Crippen LogP contribution in [0.5, 0.6) is 5.75 Å². The number of carbonyl (C=O) groups is 2. The van der Waals surface area contributed by atoms with Gasteiger partial charge in [-0.15, -0.1) is 0 Å². The van der Waals surface area contributed by atoms with Gasteiger partial charge >= 0.3 is 0 Å². The van der Waals surface area contributed by atoms with Crippen molar-refractivity contribution in [1.29, 1.82) is 0 Å². The molecule has 1 heterocycles. The first-order valence-electron chi connectivity index (χ1n) is 10.2. The number of halogens is 1. The van der Waals surface area contributed by atoms with E-state index in [1.165, 1.54) is 4.90 Å². The third-order valence-corrected chi connectivity index (χ3v) is 5.49. The lowest BCUT2D eigenvalue weighted by molar-refractivity contribution is -0.130. The smallest absolute Gasteiger partial charge is 0.259 e. The van der Waals surface area contributed by atoms with Gasteiger partial charge in [0, 0.05) is 35.9 Å². The lowest BCUT2D eigenvalue weighted by Gasteiger charge is -2.11. The maximum atomic E-state index is 12.6. The van der Waals surface area contributed by atoms with E-state index in [9.17, 15) is 9.59 Å². The monoisotopic (exact) mass is 451 g/mol. The Morgan fingerprint density at radius 2 is 1.78 bits per heavy atom. The van der Waals surface area contributed by atoms with Gasteiger partial charge < -0.3 is 9.64 Å². The Hall–Kier alpha value is -3.38. The minimum Gasteiger partial charge on any atom is -0.484 e. The van der Waals surface area contributed by atoms with E-state index in [1.807, 2.05) is 42.8 Å². The van der Waals surface area contributed by atoms with Gasteiger partial charge in [-0.1, -0.05) is 29.8 Å². The molecule has 2 aromatic carbocycles. The molecule has 3 rings (SSSR count). The molecule has 0 unspecified atom stereocenters. The fourth-order valence-electron chi connectivity index (χ4n) is 3.14. The predicted octanol–water partition coefficient (Wildman–Crippen LogP) is 4.56. The summed E-state index contributed by atoms with van der Waals surface area (Å²) >= 11 is 6.28. The highest BCUT2D eigenvalue weighted by Crippen LogP contribution is 2.21. The van der Waals surface area contributed by atoms with Gasteiger partial charge in [0.15, 0.2) is 12.4 Å². The van der Waals surface area contributed by atoms with Gasteiger partial charge in [0.2, 0.25) is 0 Å². The van der Waals surface area contributed by atoms with Crippen molar-refractivity contribution < 1.29 is 14.3 Å². The molecule has 0 radical (unpaired) electrons. The van der Waals surface area contributed by atoms with Crippen molar-refractivity contribution in [1.82, 2.24) is 14.7 Å². The van der Waals surface area contributed by atoms with Crippen LogP contribution in [0, 0.1) is 13.8 Å². The van der Waals surface area contributed by atoms with Gasteiger partial charge in [0.05, 0.1) is 12.2 Å². The second kappa shape index (κ2) is 10.3. The van der Waals surface area contributed by atoms with Crippen LogP contribution in [0.25, 0.3) is 6.08 Å². The number of ether oxygens (including phenoxy) is 1. The summed E-state index contributed by atoms with van der Waals surface area (Å²) in [6.45, 7) is 4.41. The fraction of sp³-hybridized carbons (Fsp3) is 0.240. The van der Waals surface area contributed by atoms with E-state index >= 15 is 0 Å². The highest BCUT2D eigenvalue weighted by molar-refractivity contribution is 6.31. The minimum absolute atomic E-state index is 0.0447. The van der Waals surface area contributed by atoms with Crippen molar-refractivity contribution in [3.63, 3.8) is 0 Å². The van der Waals surface area contributed by atoms with E-state index in [-0.39, 0.29) is 18.3 Å². The molecule has 1 amide bonds. The van der Waals surface area contributed by atoms with Gasteiger partial charge in [-0.25, -0.2) is 0 Å². The van der Waals surface area contributed by atoms with Crippen molar-refractivity contribution in [3.8, 4) is 5.75 Å². The molecule has 0 spiro atoms. The first kappa shape index (κ1) is 23.3. The molecular formula is C25H26ClN3O3. The average Bonchev–Trinajstić information content (AvgIpc) is 3.04. The van der Waals surface area contributed by atoms with Crippen LogP contribution < -0.4 is 4.74 Å². The lowest BCUT2D eigenvalue weighted by Crippen LogP contribution is -2.27. The SMILES string of the molecule is Cc1nn(Cc2ccccc2Cl)c(C)c1/C=C/C(=O)c1ccc(OCC(=O)N(C)C)cc1. The maximum absolute atomic E-state index is 12.6. The van der Waals surface area contributed by atoms with E-state index in [2.05, 4.69) is 5.10 Å². The van der Waals surface area contributed by atoms with Crippen molar-refractivity contribution in [3.05, 3.63) is 87.7 Å². The summed E-state index contributed by atoms with van der Waals surface area (Å²) in [6, 6.07) is 14.4. The summed E-state index contributed by atoms with van der Waals surface area (Å²) in [6.07, 6.45) is 3.34. The molecule has 0 saturated carbocycles. The summed E-state index contributed by atoms with van der Waals surface area (Å²) in [4.78, 5) is 25.7. The largest absolute Gasteiger partial charge is 0.484 e. The molecule has 0 N–H and O–H groups in total. The highest BCUT2D eigenvalue weighted by Gasteiger charge is 2.12. The van der Waals surface area contributed by atoms with Crippen LogP contribution in [0.2, 0.25) is 5.02 Å². The van der Waals surface area contributed by atoms with Gasteiger partial charge in [-0.3, -0.25) is 14.3 Å². The van der Waals surface area contributed by atoms with E-state index in [4.69, 9.17) is 16.3 Å². The summed E-state index contributed by atoms with van der Waals surface area (Å²) in [5.41, 5.74) is 4.23. The molecule has 1 aromatic heterocycles. The van der Waals surface area contributed by atoms with Crippen molar-refractivity contribution >= 4 is 29.4 Å². The topological polar surface area (TPSA) is 64.4 Å². The molecule has 0 aliphatic carbocycles. The number of aromatic nitrogens is 2. The summed E-state index contributed by atoms with van der Waals surface area (Å²) in [5, 5.41) is 5.30. The second-order valence-electron chi connectivity index (χ2n) is 7.63. The van der Waals surface area contributed by atoms with Crippen LogP contribution in [0.3, 0.4) is 0 Å². The van der Waals surface area contributed by atoms with Gasteiger partial charge in [0.1, 0.15) is 5.75 Å². The number of hydrogen-bond acceptors (Lipinski definition) is 4. The third-order valence-electron chi connectivity index (χ3n) is 5.12. The Labute approximate surface area is 193 Å². The molecule has 0 bridgehead atoms. The number of rotatable bonds is 8. The maximum Gasteiger partial charge on any atom is 0.259 e. The summed E-state index contributed by atoms with van der Waals surface area (Å²) in [7, 11) is 3.34. The molecule has 0 saturated heterocycles. The van der Waals surface area contributed by atoms with E-state index in [0.717, 1.165) is 22.5 Å². The number of nitrogens with zero attached hydrogens (tertiary/aromatic N) is 3. The number of benzene rings is 2. The molecule has 6 nitrogen and oxygen atoms in total. The number of likely N-dealkylation sites (N-methyl/N-ethyl adjacent to an activating group) is 1. The molecule has 166 valence electrons. The van der Waals surface area contributed by atoms with Crippen LogP contribution in [0.4, 0.5) is 0 Å². The van der Waals surface area contributed by atoms with E-state index in [1.54, 1.807) is 50.5 Å². The van der Waals surface area contributed by atoms with Crippen LogP contribution in [0.15, 0.2) is 54.6 Å². The second-order valence-corrected chi connectivity index (χ2v) is 8.04. The van der Waals surface area contributed by atoms with Crippen molar-refractivity contribution in [2.75, 3.05) is 20.7 Å². The van der Waals surface area contributed by atoms with Crippen molar-refractivity contribution in [2.24, 2.45) is 0 Å². The lowest BCUT2D eigenvalue weighted by atomic mass is 10.1. The normalized spacial score (nSPS) is 11.0. The van der Waals surface area contributed by atoms with Crippen LogP contribution in [-0.2, 0) is 11.3 Å². The zero-order chi connectivity index (χ0) is 23.3. The molecule has 3 aromatic rings. The fourth-order valence-corrected chi connectivity index (χ4v) is 3.33.